The quantitative estimate of drug-likeness (QED) is 0.397. The number of rotatable bonds is 7. The largest absolute Gasteiger partial charge is 0.350 e. The van der Waals surface area contributed by atoms with E-state index >= 15 is 0 Å². The van der Waals surface area contributed by atoms with E-state index in [1.807, 2.05) is 91.2 Å². The molecule has 1 aromatic heterocycles. The van der Waals surface area contributed by atoms with Crippen molar-refractivity contribution >= 4 is 28.6 Å². The minimum absolute atomic E-state index is 0.180. The maximum absolute atomic E-state index is 13.5. The van der Waals surface area contributed by atoms with Gasteiger partial charge in [0.1, 0.15) is 0 Å². The Morgan fingerprint density at radius 3 is 2.34 bits per heavy atom. The highest BCUT2D eigenvalue weighted by Gasteiger charge is 2.22. The van der Waals surface area contributed by atoms with Crippen molar-refractivity contribution in [3.8, 4) is 17.3 Å². The Labute approximate surface area is 192 Å². The number of pyridine rings is 1. The maximum atomic E-state index is 13.5. The van der Waals surface area contributed by atoms with Gasteiger partial charge in [-0.1, -0.05) is 78.9 Å². The number of carbonyl (C=O) groups excluding carboxylic acids is 1. The van der Waals surface area contributed by atoms with Crippen LogP contribution in [-0.4, -0.2) is 23.7 Å². The minimum atomic E-state index is -0.411. The van der Waals surface area contributed by atoms with Crippen molar-refractivity contribution < 1.29 is 4.79 Å². The van der Waals surface area contributed by atoms with E-state index in [0.717, 1.165) is 33.3 Å². The lowest BCUT2D eigenvalue weighted by molar-refractivity contribution is 0.0954. The highest BCUT2D eigenvalue weighted by atomic mass is 32.2. The molecule has 4 nitrogen and oxygen atoms in total. The molecule has 4 rings (SSSR count). The van der Waals surface area contributed by atoms with Crippen molar-refractivity contribution in [1.29, 1.82) is 5.26 Å². The lowest BCUT2D eigenvalue weighted by atomic mass is 9.96. The lowest BCUT2D eigenvalue weighted by Crippen LogP contribution is -2.29. The predicted octanol–water partition coefficient (Wildman–Crippen LogP) is 5.80. The van der Waals surface area contributed by atoms with Gasteiger partial charge in [-0.2, -0.15) is 17.0 Å². The predicted molar refractivity (Wildman–Crippen MR) is 132 cm³/mol. The highest BCUT2D eigenvalue weighted by molar-refractivity contribution is 7.97. The van der Waals surface area contributed by atoms with Crippen molar-refractivity contribution in [2.24, 2.45) is 0 Å². The molecule has 1 atom stereocenters. The van der Waals surface area contributed by atoms with E-state index < -0.39 is 5.92 Å². The summed E-state index contributed by atoms with van der Waals surface area (Å²) in [5, 5.41) is 13.5. The molecule has 1 unspecified atom stereocenters. The summed E-state index contributed by atoms with van der Waals surface area (Å²) in [6.07, 6.45) is 2.02. The van der Waals surface area contributed by atoms with E-state index in [1.54, 1.807) is 11.8 Å². The molecule has 0 aliphatic rings. The number of benzene rings is 3. The fraction of sp³-hybridized carbons (Fsp3) is 0.148. The van der Waals surface area contributed by atoms with Gasteiger partial charge < -0.3 is 5.32 Å². The molecule has 32 heavy (non-hydrogen) atoms. The summed E-state index contributed by atoms with van der Waals surface area (Å²) in [6, 6.07) is 29.5. The molecule has 1 heterocycles. The maximum Gasteiger partial charge on any atom is 0.252 e. The molecular weight excluding hydrogens is 414 g/mol. The van der Waals surface area contributed by atoms with E-state index in [2.05, 4.69) is 11.4 Å². The Hall–Kier alpha value is -3.62. The molecular formula is C27H23N3OS. The molecule has 0 radical (unpaired) electrons. The smallest absolute Gasteiger partial charge is 0.252 e. The number of hydrogen-bond donors (Lipinski definition) is 1. The van der Waals surface area contributed by atoms with Gasteiger partial charge in [-0.05, 0) is 17.9 Å². The summed E-state index contributed by atoms with van der Waals surface area (Å²) in [4.78, 5) is 18.5. The van der Waals surface area contributed by atoms with Crippen LogP contribution in [0.5, 0.6) is 0 Å². The molecule has 0 aliphatic heterocycles. The monoisotopic (exact) mass is 437 g/mol. The average molecular weight is 438 g/mol. The molecule has 1 N–H and O–H groups in total. The molecule has 158 valence electrons. The van der Waals surface area contributed by atoms with Crippen molar-refractivity contribution in [3.05, 3.63) is 102 Å². The zero-order chi connectivity index (χ0) is 22.3. The van der Waals surface area contributed by atoms with Gasteiger partial charge in [0.15, 0.2) is 0 Å². The van der Waals surface area contributed by atoms with Crippen LogP contribution >= 0.6 is 11.8 Å². The second-order valence-electron chi connectivity index (χ2n) is 7.43. The number of carbonyl (C=O) groups is 1. The summed E-state index contributed by atoms with van der Waals surface area (Å²) in [5.41, 5.74) is 5.02. The van der Waals surface area contributed by atoms with E-state index in [-0.39, 0.29) is 12.5 Å². The first-order chi connectivity index (χ1) is 15.7. The van der Waals surface area contributed by atoms with Crippen LogP contribution < -0.4 is 5.32 Å². The first-order valence-corrected chi connectivity index (χ1v) is 11.8. The molecule has 3 aromatic carbocycles. The van der Waals surface area contributed by atoms with Crippen LogP contribution in [-0.2, 0) is 5.75 Å². The molecule has 0 saturated heterocycles. The van der Waals surface area contributed by atoms with Crippen molar-refractivity contribution in [2.75, 3.05) is 12.8 Å². The summed E-state index contributed by atoms with van der Waals surface area (Å²) in [6.45, 7) is 0.245. The van der Waals surface area contributed by atoms with Gasteiger partial charge in [-0.15, -0.1) is 0 Å². The Morgan fingerprint density at radius 1 is 1.00 bits per heavy atom. The van der Waals surface area contributed by atoms with Crippen LogP contribution in [0.3, 0.4) is 0 Å². The van der Waals surface area contributed by atoms with Crippen LogP contribution in [0.4, 0.5) is 0 Å². The zero-order valence-corrected chi connectivity index (χ0v) is 18.6. The number of amides is 1. The van der Waals surface area contributed by atoms with Gasteiger partial charge in [-0.3, -0.25) is 4.79 Å². The first-order valence-electron chi connectivity index (χ1n) is 10.4. The van der Waals surface area contributed by atoms with Gasteiger partial charge in [0.2, 0.25) is 0 Å². The minimum Gasteiger partial charge on any atom is -0.350 e. The Kier molecular flexibility index (Phi) is 6.84. The topological polar surface area (TPSA) is 65.8 Å². The van der Waals surface area contributed by atoms with Crippen LogP contribution in [0, 0.1) is 11.3 Å². The summed E-state index contributed by atoms with van der Waals surface area (Å²) in [5.74, 6) is 0.0670. The van der Waals surface area contributed by atoms with E-state index in [9.17, 15) is 10.1 Å². The van der Waals surface area contributed by atoms with Crippen LogP contribution in [0.25, 0.3) is 22.2 Å². The SMILES string of the molecule is CSCc1c(-c2ccccc2)nc2ccccc2c1C(=O)NCC(C#N)c1ccccc1. The third-order valence-corrected chi connectivity index (χ3v) is 5.96. The van der Waals surface area contributed by atoms with Gasteiger partial charge in [0.05, 0.1) is 28.8 Å². The summed E-state index contributed by atoms with van der Waals surface area (Å²) >= 11 is 1.66. The molecule has 0 bridgehead atoms. The summed E-state index contributed by atoms with van der Waals surface area (Å²) < 4.78 is 0. The van der Waals surface area contributed by atoms with Crippen LogP contribution in [0.2, 0.25) is 0 Å². The molecule has 0 saturated carbocycles. The van der Waals surface area contributed by atoms with Crippen LogP contribution in [0.15, 0.2) is 84.9 Å². The normalized spacial score (nSPS) is 11.6. The second kappa shape index (κ2) is 10.1. The van der Waals surface area contributed by atoms with Crippen molar-refractivity contribution in [3.63, 3.8) is 0 Å². The van der Waals surface area contributed by atoms with Gasteiger partial charge in [-0.25, -0.2) is 4.98 Å². The van der Waals surface area contributed by atoms with E-state index in [1.165, 1.54) is 0 Å². The zero-order valence-electron chi connectivity index (χ0n) is 17.8. The molecule has 1 amide bonds. The van der Waals surface area contributed by atoms with Gasteiger partial charge in [0.25, 0.3) is 5.91 Å². The fourth-order valence-electron chi connectivity index (χ4n) is 3.84. The van der Waals surface area contributed by atoms with Gasteiger partial charge in [0, 0.05) is 28.8 Å². The Bertz CT molecular complexity index is 1270. The number of nitrogens with zero attached hydrogens (tertiary/aromatic N) is 2. The Balaban J connectivity index is 1.77. The van der Waals surface area contributed by atoms with Crippen molar-refractivity contribution in [1.82, 2.24) is 10.3 Å². The van der Waals surface area contributed by atoms with Crippen LogP contribution in [0.1, 0.15) is 27.4 Å². The van der Waals surface area contributed by atoms with E-state index in [4.69, 9.17) is 4.98 Å². The number of nitrogens with one attached hydrogen (secondary N) is 1. The number of hydrogen-bond acceptors (Lipinski definition) is 4. The molecule has 4 aromatic rings. The average Bonchev–Trinajstić information content (AvgIpc) is 2.85. The number of aromatic nitrogens is 1. The first kappa shape index (κ1) is 21.6. The number of nitriles is 1. The van der Waals surface area contributed by atoms with E-state index in [0.29, 0.717) is 11.3 Å². The molecule has 5 heteroatoms. The lowest BCUT2D eigenvalue weighted by Gasteiger charge is -2.18. The third kappa shape index (κ3) is 4.51. The summed E-state index contributed by atoms with van der Waals surface area (Å²) in [7, 11) is 0. The highest BCUT2D eigenvalue weighted by Crippen LogP contribution is 2.32. The second-order valence-corrected chi connectivity index (χ2v) is 8.30. The molecule has 0 fully saturated rings. The number of fused-ring (bicyclic) bond motifs is 1. The number of thioether (sulfide) groups is 1. The van der Waals surface area contributed by atoms with Gasteiger partial charge >= 0.3 is 0 Å². The number of para-hydroxylation sites is 1. The standard InChI is InChI=1S/C27H23N3OS/c1-32-18-23-25(27(31)29-17-21(16-28)19-10-4-2-5-11-19)22-14-8-9-15-24(22)30-26(23)20-12-6-3-7-13-20/h2-15,21H,17-18H2,1H3,(H,29,31). The molecule has 0 aliphatic carbocycles. The molecule has 0 spiro atoms. The third-order valence-electron chi connectivity index (χ3n) is 5.38. The fourth-order valence-corrected chi connectivity index (χ4v) is 4.41. The van der Waals surface area contributed by atoms with Crippen molar-refractivity contribution in [2.45, 2.75) is 11.7 Å². The Morgan fingerprint density at radius 2 is 1.66 bits per heavy atom.